The maximum Gasteiger partial charge on any atom is 0.409 e. The van der Waals surface area contributed by atoms with Gasteiger partial charge < -0.3 is 24.6 Å². The topological polar surface area (TPSA) is 131 Å². The van der Waals surface area contributed by atoms with E-state index in [-0.39, 0.29) is 62.1 Å². The molecule has 1 atom stereocenters. The zero-order chi connectivity index (χ0) is 32.6. The minimum absolute atomic E-state index is 0.00164. The van der Waals surface area contributed by atoms with Gasteiger partial charge in [0.1, 0.15) is 17.3 Å². The average molecular weight is 634 g/mol. The first-order valence-electron chi connectivity index (χ1n) is 14.9. The van der Waals surface area contributed by atoms with Crippen LogP contribution in [0.1, 0.15) is 51.0 Å². The normalized spacial score (nSPS) is 14.0. The third kappa shape index (κ3) is 9.04. The fourth-order valence-corrected chi connectivity index (χ4v) is 5.14. The number of esters is 1. The van der Waals surface area contributed by atoms with Crippen molar-refractivity contribution < 1.29 is 28.7 Å². The molecule has 1 fully saturated rings. The van der Waals surface area contributed by atoms with Crippen LogP contribution in [-0.2, 0) is 19.1 Å². The summed E-state index contributed by atoms with van der Waals surface area (Å²) in [7, 11) is 0. The predicted molar refractivity (Wildman–Crippen MR) is 172 cm³/mol. The summed E-state index contributed by atoms with van der Waals surface area (Å²) < 4.78 is 10.5. The molecule has 0 radical (unpaired) electrons. The number of carbonyl (C=O) groups is 4. The molecule has 1 N–H and O–H groups in total. The molecular formula is C33H39N5O6S. The number of piperazine rings is 1. The molecule has 0 spiro atoms. The molecule has 12 heteroatoms. The molecule has 1 aliphatic heterocycles. The van der Waals surface area contributed by atoms with E-state index in [2.05, 4.69) is 22.9 Å². The zero-order valence-electron chi connectivity index (χ0n) is 26.0. The molecule has 0 saturated carbocycles. The highest BCUT2D eigenvalue weighted by atomic mass is 32.1. The molecule has 1 saturated heterocycles. The molecule has 1 aliphatic rings. The number of hydrogen-bond acceptors (Lipinski definition) is 9. The lowest BCUT2D eigenvalue weighted by Crippen LogP contribution is -2.56. The van der Waals surface area contributed by atoms with E-state index in [1.54, 1.807) is 32.6 Å². The van der Waals surface area contributed by atoms with E-state index in [1.807, 2.05) is 60.7 Å². The van der Waals surface area contributed by atoms with Crippen LogP contribution < -0.4 is 5.32 Å². The maximum atomic E-state index is 13.9. The van der Waals surface area contributed by atoms with Gasteiger partial charge in [0.05, 0.1) is 17.2 Å². The van der Waals surface area contributed by atoms with Gasteiger partial charge in [0, 0.05) is 43.7 Å². The van der Waals surface area contributed by atoms with Crippen molar-refractivity contribution >= 4 is 36.5 Å². The second-order valence-electron chi connectivity index (χ2n) is 11.5. The Morgan fingerprint density at radius 1 is 0.889 bits per heavy atom. The summed E-state index contributed by atoms with van der Waals surface area (Å²) in [5.74, 6) is -1.18. The number of hydrogen-bond donors (Lipinski definition) is 2. The number of amides is 3. The minimum atomic E-state index is -1.07. The standard InChI is InChI=1S/C33H39N5O6S/c1-5-43-32(42)38-20-18-37(19-21-38)31(41)24(16-17-25(39)44-33(2,3)4)34-30(40)27-28(45)26(22-12-8-6-9-13-22)35-29(36-27)23-14-10-7-11-15-23/h6-15,24,45H,5,16-21H2,1-4H3,(H,34,40)/t24-/m0/s1. The number of nitrogens with one attached hydrogen (secondary N) is 1. The van der Waals surface area contributed by atoms with E-state index in [1.165, 1.54) is 4.90 Å². The van der Waals surface area contributed by atoms with Crippen LogP contribution in [-0.4, -0.2) is 88.1 Å². The summed E-state index contributed by atoms with van der Waals surface area (Å²) in [4.78, 5) is 65.1. The Kier molecular flexibility index (Phi) is 11.2. The Morgan fingerprint density at radius 2 is 1.47 bits per heavy atom. The number of benzene rings is 2. The first kappa shape index (κ1) is 33.4. The lowest BCUT2D eigenvalue weighted by Gasteiger charge is -2.36. The predicted octanol–water partition coefficient (Wildman–Crippen LogP) is 4.62. The quantitative estimate of drug-likeness (QED) is 0.258. The first-order valence-corrected chi connectivity index (χ1v) is 15.4. The number of aromatic nitrogens is 2. The van der Waals surface area contributed by atoms with Crippen molar-refractivity contribution in [3.05, 3.63) is 66.4 Å². The van der Waals surface area contributed by atoms with Gasteiger partial charge in [-0.2, -0.15) is 0 Å². The van der Waals surface area contributed by atoms with Crippen molar-refractivity contribution in [3.8, 4) is 22.6 Å². The Bertz CT molecular complexity index is 1510. The maximum absolute atomic E-state index is 13.9. The Labute approximate surface area is 268 Å². The van der Waals surface area contributed by atoms with E-state index in [4.69, 9.17) is 14.5 Å². The SMILES string of the molecule is CCOC(=O)N1CCN(C(=O)[C@H](CCC(=O)OC(C)(C)C)NC(=O)c2nc(-c3ccccc3)nc(-c3ccccc3)c2S)CC1. The molecule has 238 valence electrons. The van der Waals surface area contributed by atoms with Crippen molar-refractivity contribution in [1.82, 2.24) is 25.1 Å². The van der Waals surface area contributed by atoms with Gasteiger partial charge in [-0.25, -0.2) is 14.8 Å². The largest absolute Gasteiger partial charge is 0.460 e. The van der Waals surface area contributed by atoms with Crippen LogP contribution in [0.5, 0.6) is 0 Å². The molecule has 0 unspecified atom stereocenters. The number of nitrogens with zero attached hydrogens (tertiary/aromatic N) is 4. The van der Waals surface area contributed by atoms with Crippen LogP contribution in [0, 0.1) is 0 Å². The molecule has 2 aromatic carbocycles. The Hall–Kier alpha value is -4.45. The third-order valence-electron chi connectivity index (χ3n) is 6.96. The van der Waals surface area contributed by atoms with E-state index >= 15 is 0 Å². The fourth-order valence-electron chi connectivity index (χ4n) is 4.81. The molecule has 0 aliphatic carbocycles. The summed E-state index contributed by atoms with van der Waals surface area (Å²) in [6, 6.07) is 17.5. The van der Waals surface area contributed by atoms with Gasteiger partial charge >= 0.3 is 12.1 Å². The number of rotatable bonds is 9. The summed E-state index contributed by atoms with van der Waals surface area (Å²) in [6.07, 6.45) is -0.534. The van der Waals surface area contributed by atoms with Gasteiger partial charge in [0.25, 0.3) is 5.91 Å². The van der Waals surface area contributed by atoms with E-state index < -0.39 is 29.6 Å². The number of thiol groups is 1. The van der Waals surface area contributed by atoms with Crippen molar-refractivity contribution in [1.29, 1.82) is 0 Å². The zero-order valence-corrected chi connectivity index (χ0v) is 26.9. The van der Waals surface area contributed by atoms with Gasteiger partial charge in [-0.15, -0.1) is 12.6 Å². The minimum Gasteiger partial charge on any atom is -0.460 e. The fraction of sp³-hybridized carbons (Fsp3) is 0.394. The van der Waals surface area contributed by atoms with Crippen LogP contribution in [0.15, 0.2) is 65.6 Å². The van der Waals surface area contributed by atoms with Gasteiger partial charge in [-0.3, -0.25) is 14.4 Å². The average Bonchev–Trinajstić information content (AvgIpc) is 3.03. The van der Waals surface area contributed by atoms with Crippen molar-refractivity contribution in [2.24, 2.45) is 0 Å². The van der Waals surface area contributed by atoms with Crippen LogP contribution in [0.25, 0.3) is 22.6 Å². The summed E-state index contributed by atoms with van der Waals surface area (Å²) in [5, 5.41) is 2.82. The molecule has 11 nitrogen and oxygen atoms in total. The van der Waals surface area contributed by atoms with E-state index in [0.29, 0.717) is 17.1 Å². The van der Waals surface area contributed by atoms with Gasteiger partial charge in [0.2, 0.25) is 5.91 Å². The monoisotopic (exact) mass is 633 g/mol. The molecule has 45 heavy (non-hydrogen) atoms. The highest BCUT2D eigenvalue weighted by molar-refractivity contribution is 7.80. The van der Waals surface area contributed by atoms with Gasteiger partial charge in [-0.05, 0) is 34.1 Å². The molecule has 2 heterocycles. The molecular weight excluding hydrogens is 594 g/mol. The second-order valence-corrected chi connectivity index (χ2v) is 11.9. The summed E-state index contributed by atoms with van der Waals surface area (Å²) >= 11 is 4.67. The van der Waals surface area contributed by atoms with Gasteiger partial charge in [-0.1, -0.05) is 60.7 Å². The van der Waals surface area contributed by atoms with Crippen molar-refractivity contribution in [2.45, 2.75) is 57.1 Å². The number of carbonyl (C=O) groups excluding carboxylic acids is 4. The van der Waals surface area contributed by atoms with Crippen LogP contribution >= 0.6 is 12.6 Å². The summed E-state index contributed by atoms with van der Waals surface area (Å²) in [6.45, 7) is 8.33. The van der Waals surface area contributed by atoms with Crippen LogP contribution in [0.4, 0.5) is 4.79 Å². The molecule has 4 rings (SSSR count). The molecule has 3 aromatic rings. The molecule has 0 bridgehead atoms. The van der Waals surface area contributed by atoms with Crippen molar-refractivity contribution in [2.75, 3.05) is 32.8 Å². The lowest BCUT2D eigenvalue weighted by atomic mass is 10.1. The smallest absolute Gasteiger partial charge is 0.409 e. The van der Waals surface area contributed by atoms with Crippen molar-refractivity contribution in [3.63, 3.8) is 0 Å². The third-order valence-corrected chi connectivity index (χ3v) is 7.38. The van der Waals surface area contributed by atoms with E-state index in [9.17, 15) is 19.2 Å². The molecule has 3 amide bonds. The van der Waals surface area contributed by atoms with E-state index in [0.717, 1.165) is 5.56 Å². The first-order chi connectivity index (χ1) is 21.5. The second kappa shape index (κ2) is 15.0. The highest BCUT2D eigenvalue weighted by Crippen LogP contribution is 2.30. The molecule has 1 aromatic heterocycles. The lowest BCUT2D eigenvalue weighted by molar-refractivity contribution is -0.155. The Morgan fingerprint density at radius 3 is 2.04 bits per heavy atom. The summed E-state index contributed by atoms with van der Waals surface area (Å²) in [5.41, 5.74) is 1.20. The number of ether oxygens (including phenoxy) is 2. The highest BCUT2D eigenvalue weighted by Gasteiger charge is 2.32. The van der Waals surface area contributed by atoms with Crippen LogP contribution in [0.2, 0.25) is 0 Å². The van der Waals surface area contributed by atoms with Gasteiger partial charge in [0.15, 0.2) is 5.82 Å². The Balaban J connectivity index is 1.62. The van der Waals surface area contributed by atoms with Crippen LogP contribution in [0.3, 0.4) is 0 Å².